The van der Waals surface area contributed by atoms with E-state index in [1.165, 1.54) is 11.1 Å². The van der Waals surface area contributed by atoms with Crippen LogP contribution in [0.4, 0.5) is 0 Å². The highest BCUT2D eigenvalue weighted by atomic mass is 32.1. The van der Waals surface area contributed by atoms with Crippen LogP contribution in [0, 0.1) is 11.7 Å². The summed E-state index contributed by atoms with van der Waals surface area (Å²) in [6.07, 6.45) is 0. The second-order valence-corrected chi connectivity index (χ2v) is 5.61. The van der Waals surface area contributed by atoms with Crippen LogP contribution in [-0.4, -0.2) is 16.7 Å². The van der Waals surface area contributed by atoms with Crippen molar-refractivity contribution in [3.05, 3.63) is 58.4 Å². The van der Waals surface area contributed by atoms with Gasteiger partial charge in [-0.25, -0.2) is 0 Å². The van der Waals surface area contributed by atoms with Gasteiger partial charge in [-0.3, -0.25) is 0 Å². The third-order valence-electron chi connectivity index (χ3n) is 3.95. The van der Waals surface area contributed by atoms with Gasteiger partial charge in [-0.05, 0) is 55.4 Å². The topological polar surface area (TPSA) is 29.9 Å². The molecule has 3 nitrogen and oxygen atoms in total. The standard InChI is InChI=1S/C17H18N2OS/c1-11-5-4-6-15-16(11)18-17(21)19(15)12(2)13-7-9-14(20-3)10-8-13/h4-10,12H,1-3H3,(H,18,21). The first-order chi connectivity index (χ1) is 10.1. The van der Waals surface area contributed by atoms with Gasteiger partial charge in [0, 0.05) is 0 Å². The summed E-state index contributed by atoms with van der Waals surface area (Å²) >= 11 is 5.52. The fourth-order valence-electron chi connectivity index (χ4n) is 2.71. The van der Waals surface area contributed by atoms with Gasteiger partial charge in [0.15, 0.2) is 4.77 Å². The number of nitrogens with zero attached hydrogens (tertiary/aromatic N) is 1. The molecule has 0 fully saturated rings. The van der Waals surface area contributed by atoms with E-state index < -0.39 is 0 Å². The van der Waals surface area contributed by atoms with Gasteiger partial charge in [-0.1, -0.05) is 24.3 Å². The lowest BCUT2D eigenvalue weighted by atomic mass is 10.1. The summed E-state index contributed by atoms with van der Waals surface area (Å²) in [5.41, 5.74) is 4.67. The molecular formula is C17H18N2OS. The van der Waals surface area contributed by atoms with Gasteiger partial charge in [-0.15, -0.1) is 0 Å². The number of H-pyrrole nitrogens is 1. The predicted octanol–water partition coefficient (Wildman–Crippen LogP) is 4.63. The van der Waals surface area contributed by atoms with Gasteiger partial charge in [-0.2, -0.15) is 0 Å². The molecule has 0 aliphatic rings. The molecule has 108 valence electrons. The van der Waals surface area contributed by atoms with Gasteiger partial charge in [0.25, 0.3) is 0 Å². The van der Waals surface area contributed by atoms with Crippen LogP contribution in [0.15, 0.2) is 42.5 Å². The largest absolute Gasteiger partial charge is 0.497 e. The third kappa shape index (κ3) is 2.36. The van der Waals surface area contributed by atoms with E-state index in [-0.39, 0.29) is 6.04 Å². The molecule has 1 N–H and O–H groups in total. The Bertz CT molecular complexity index is 830. The second-order valence-electron chi connectivity index (χ2n) is 5.22. The molecule has 0 amide bonds. The molecule has 21 heavy (non-hydrogen) atoms. The van der Waals surface area contributed by atoms with Crippen LogP contribution >= 0.6 is 12.2 Å². The number of benzene rings is 2. The van der Waals surface area contributed by atoms with E-state index in [9.17, 15) is 0 Å². The zero-order chi connectivity index (χ0) is 15.0. The molecule has 4 heteroatoms. The highest BCUT2D eigenvalue weighted by Gasteiger charge is 2.13. The molecule has 0 saturated heterocycles. The maximum Gasteiger partial charge on any atom is 0.178 e. The Kier molecular flexibility index (Phi) is 3.55. The van der Waals surface area contributed by atoms with Crippen LogP contribution in [0.2, 0.25) is 0 Å². The Labute approximate surface area is 129 Å². The van der Waals surface area contributed by atoms with Crippen molar-refractivity contribution < 1.29 is 4.74 Å². The number of hydrogen-bond acceptors (Lipinski definition) is 2. The number of imidazole rings is 1. The van der Waals surface area contributed by atoms with Crippen molar-refractivity contribution in [2.45, 2.75) is 19.9 Å². The number of ether oxygens (including phenoxy) is 1. The average molecular weight is 298 g/mol. The lowest BCUT2D eigenvalue weighted by molar-refractivity contribution is 0.414. The summed E-state index contributed by atoms with van der Waals surface area (Å²) in [6.45, 7) is 4.25. The minimum Gasteiger partial charge on any atom is -0.497 e. The molecule has 1 unspecified atom stereocenters. The lowest BCUT2D eigenvalue weighted by Gasteiger charge is -2.15. The Morgan fingerprint density at radius 2 is 1.86 bits per heavy atom. The molecule has 0 radical (unpaired) electrons. The molecule has 1 aromatic heterocycles. The number of aryl methyl sites for hydroxylation is 1. The normalized spacial score (nSPS) is 12.5. The van der Waals surface area contributed by atoms with Crippen molar-refractivity contribution in [2.24, 2.45) is 0 Å². The van der Waals surface area contributed by atoms with Crippen LogP contribution < -0.4 is 4.74 Å². The van der Waals surface area contributed by atoms with Crippen molar-refractivity contribution in [3.8, 4) is 5.75 Å². The molecule has 0 bridgehead atoms. The summed E-state index contributed by atoms with van der Waals surface area (Å²) in [6, 6.07) is 14.6. The number of aromatic amines is 1. The van der Waals surface area contributed by atoms with Gasteiger partial charge in [0.2, 0.25) is 0 Å². The molecule has 3 aromatic rings. The summed E-state index contributed by atoms with van der Waals surface area (Å²) in [4.78, 5) is 3.32. The van der Waals surface area contributed by atoms with Crippen molar-refractivity contribution >= 4 is 23.3 Å². The van der Waals surface area contributed by atoms with Crippen LogP contribution in [-0.2, 0) is 0 Å². The fourth-order valence-corrected chi connectivity index (χ4v) is 3.07. The number of fused-ring (bicyclic) bond motifs is 1. The van der Waals surface area contributed by atoms with E-state index >= 15 is 0 Å². The smallest absolute Gasteiger partial charge is 0.178 e. The van der Waals surface area contributed by atoms with Crippen molar-refractivity contribution in [1.29, 1.82) is 0 Å². The third-order valence-corrected chi connectivity index (χ3v) is 4.25. The molecule has 0 spiro atoms. The van der Waals surface area contributed by atoms with E-state index in [1.54, 1.807) is 7.11 Å². The van der Waals surface area contributed by atoms with E-state index in [1.807, 2.05) is 12.1 Å². The van der Waals surface area contributed by atoms with E-state index in [0.29, 0.717) is 0 Å². The van der Waals surface area contributed by atoms with Crippen molar-refractivity contribution in [2.75, 3.05) is 7.11 Å². The van der Waals surface area contributed by atoms with Crippen molar-refractivity contribution in [3.63, 3.8) is 0 Å². The summed E-state index contributed by atoms with van der Waals surface area (Å²) in [7, 11) is 1.68. The van der Waals surface area contributed by atoms with Gasteiger partial charge in [0.05, 0.1) is 24.2 Å². The minimum atomic E-state index is 0.166. The van der Waals surface area contributed by atoms with Crippen LogP contribution in [0.25, 0.3) is 11.0 Å². The second kappa shape index (κ2) is 5.37. The first kappa shape index (κ1) is 13.9. The minimum absolute atomic E-state index is 0.166. The number of methoxy groups -OCH3 is 1. The first-order valence-corrected chi connectivity index (χ1v) is 7.36. The number of para-hydroxylation sites is 1. The average Bonchev–Trinajstić information content (AvgIpc) is 2.84. The maximum absolute atomic E-state index is 5.52. The molecule has 2 aromatic carbocycles. The quantitative estimate of drug-likeness (QED) is 0.715. The van der Waals surface area contributed by atoms with Crippen molar-refractivity contribution in [1.82, 2.24) is 9.55 Å². The molecular weight excluding hydrogens is 280 g/mol. The number of hydrogen-bond donors (Lipinski definition) is 1. The maximum atomic E-state index is 5.52. The molecule has 0 aliphatic heterocycles. The monoisotopic (exact) mass is 298 g/mol. The van der Waals surface area contributed by atoms with Gasteiger partial charge >= 0.3 is 0 Å². The Balaban J connectivity index is 2.12. The predicted molar refractivity (Wildman–Crippen MR) is 88.7 cm³/mol. The SMILES string of the molecule is COc1ccc(C(C)n2c(=S)[nH]c3c(C)cccc32)cc1. The van der Waals surface area contributed by atoms with E-state index in [0.717, 1.165) is 21.6 Å². The first-order valence-electron chi connectivity index (χ1n) is 6.95. The molecule has 0 saturated carbocycles. The van der Waals surface area contributed by atoms with Crippen LogP contribution in [0.1, 0.15) is 24.1 Å². The molecule has 0 aliphatic carbocycles. The summed E-state index contributed by atoms with van der Waals surface area (Å²) < 4.78 is 8.13. The van der Waals surface area contributed by atoms with Gasteiger partial charge < -0.3 is 14.3 Å². The number of nitrogens with one attached hydrogen (secondary N) is 1. The number of rotatable bonds is 3. The van der Waals surface area contributed by atoms with Gasteiger partial charge in [0.1, 0.15) is 5.75 Å². The van der Waals surface area contributed by atoms with Crippen LogP contribution in [0.5, 0.6) is 5.75 Å². The zero-order valence-corrected chi connectivity index (χ0v) is 13.2. The Hall–Kier alpha value is -2.07. The molecule has 3 rings (SSSR count). The fraction of sp³-hybridized carbons (Fsp3) is 0.235. The van der Waals surface area contributed by atoms with E-state index in [4.69, 9.17) is 17.0 Å². The Morgan fingerprint density at radius 1 is 1.14 bits per heavy atom. The highest BCUT2D eigenvalue weighted by Crippen LogP contribution is 2.27. The van der Waals surface area contributed by atoms with E-state index in [2.05, 4.69) is 53.7 Å². The molecule has 1 atom stereocenters. The lowest BCUT2D eigenvalue weighted by Crippen LogP contribution is -2.06. The van der Waals surface area contributed by atoms with Crippen LogP contribution in [0.3, 0.4) is 0 Å². The summed E-state index contributed by atoms with van der Waals surface area (Å²) in [5, 5.41) is 0. The Morgan fingerprint density at radius 3 is 2.52 bits per heavy atom. The summed E-state index contributed by atoms with van der Waals surface area (Å²) in [5.74, 6) is 0.865. The number of aromatic nitrogens is 2. The molecule has 1 heterocycles. The zero-order valence-electron chi connectivity index (χ0n) is 12.4. The highest BCUT2D eigenvalue weighted by molar-refractivity contribution is 7.71.